The maximum absolute atomic E-state index is 12.1. The molecule has 0 spiro atoms. The van der Waals surface area contributed by atoms with Crippen LogP contribution in [0.25, 0.3) is 33.5 Å². The van der Waals surface area contributed by atoms with E-state index >= 15 is 0 Å². The van der Waals surface area contributed by atoms with Crippen molar-refractivity contribution in [2.45, 2.75) is 24.7 Å². The third-order valence-electron chi connectivity index (χ3n) is 6.62. The molecule has 4 aromatic rings. The first kappa shape index (κ1) is 23.0. The van der Waals surface area contributed by atoms with Gasteiger partial charge < -0.3 is 24.1 Å². The van der Waals surface area contributed by atoms with Crippen LogP contribution in [0.2, 0.25) is 5.02 Å². The van der Waals surface area contributed by atoms with Crippen molar-refractivity contribution in [1.82, 2.24) is 19.9 Å². The Morgan fingerprint density at radius 1 is 1.03 bits per heavy atom. The fourth-order valence-electron chi connectivity index (χ4n) is 4.71. The zero-order valence-corrected chi connectivity index (χ0v) is 20.7. The number of fused-ring (bicyclic) bond motifs is 2. The molecular formula is C27H25ClN4O4. The fourth-order valence-corrected chi connectivity index (χ4v) is 4.97. The summed E-state index contributed by atoms with van der Waals surface area (Å²) in [6.45, 7) is 1.17. The lowest BCUT2D eigenvalue weighted by Gasteiger charge is -2.15. The van der Waals surface area contributed by atoms with Crippen molar-refractivity contribution in [3.8, 4) is 28.4 Å². The molecule has 1 N–H and O–H groups in total. The maximum Gasteiger partial charge on any atom is 0.296 e. The van der Waals surface area contributed by atoms with Crippen molar-refractivity contribution in [3.63, 3.8) is 0 Å². The Morgan fingerprint density at radius 2 is 1.72 bits per heavy atom. The van der Waals surface area contributed by atoms with Gasteiger partial charge in [0.25, 0.3) is 11.9 Å². The zero-order chi connectivity index (χ0) is 24.8. The second kappa shape index (κ2) is 9.20. The Bertz CT molecular complexity index is 1420. The number of benzene rings is 2. The van der Waals surface area contributed by atoms with E-state index in [4.69, 9.17) is 30.8 Å². The monoisotopic (exact) mass is 504 g/mol. The predicted octanol–water partition coefficient (Wildman–Crippen LogP) is 4.58. The summed E-state index contributed by atoms with van der Waals surface area (Å²) in [5.74, 6) is -0.0208. The summed E-state index contributed by atoms with van der Waals surface area (Å²) in [5, 5.41) is 0.514. The molecular weight excluding hydrogens is 480 g/mol. The maximum atomic E-state index is 12.1. The predicted molar refractivity (Wildman–Crippen MR) is 136 cm³/mol. The van der Waals surface area contributed by atoms with E-state index in [-0.39, 0.29) is 24.2 Å². The Labute approximate surface area is 213 Å². The van der Waals surface area contributed by atoms with Crippen LogP contribution in [0.15, 0.2) is 54.6 Å². The number of aromatic nitrogens is 3. The second-order valence-corrected chi connectivity index (χ2v) is 9.65. The molecule has 2 aromatic carbocycles. The summed E-state index contributed by atoms with van der Waals surface area (Å²) >= 11 is 6.59. The van der Waals surface area contributed by atoms with E-state index in [1.165, 1.54) is 0 Å². The molecule has 0 bridgehead atoms. The second-order valence-electron chi connectivity index (χ2n) is 9.24. The van der Waals surface area contributed by atoms with Crippen molar-refractivity contribution >= 4 is 28.7 Å². The Kier molecular flexibility index (Phi) is 5.87. The molecule has 2 saturated heterocycles. The van der Waals surface area contributed by atoms with E-state index in [0.29, 0.717) is 46.7 Å². The average molecular weight is 505 g/mol. The van der Waals surface area contributed by atoms with Crippen LogP contribution in [0.5, 0.6) is 6.01 Å². The summed E-state index contributed by atoms with van der Waals surface area (Å²) < 4.78 is 17.5. The van der Waals surface area contributed by atoms with Crippen LogP contribution in [0.1, 0.15) is 16.8 Å². The number of aromatic amines is 1. The highest BCUT2D eigenvalue weighted by molar-refractivity contribution is 6.33. The molecule has 4 heterocycles. The molecule has 36 heavy (non-hydrogen) atoms. The van der Waals surface area contributed by atoms with Crippen molar-refractivity contribution < 1.29 is 19.0 Å². The van der Waals surface area contributed by atoms with Gasteiger partial charge in [0.05, 0.1) is 28.9 Å². The number of H-pyrrole nitrogens is 1. The Morgan fingerprint density at radius 3 is 2.44 bits per heavy atom. The van der Waals surface area contributed by atoms with E-state index in [9.17, 15) is 4.79 Å². The van der Waals surface area contributed by atoms with Crippen LogP contribution in [0, 0.1) is 0 Å². The lowest BCUT2D eigenvalue weighted by molar-refractivity contribution is 0.0273. The van der Waals surface area contributed by atoms with Gasteiger partial charge in [0.15, 0.2) is 11.8 Å². The molecule has 184 valence electrons. The van der Waals surface area contributed by atoms with Gasteiger partial charge in [0.1, 0.15) is 6.10 Å². The number of nitrogens with zero attached hydrogens (tertiary/aromatic N) is 3. The van der Waals surface area contributed by atoms with Crippen LogP contribution in [0.4, 0.5) is 0 Å². The van der Waals surface area contributed by atoms with Crippen molar-refractivity contribution in [1.29, 1.82) is 0 Å². The van der Waals surface area contributed by atoms with Gasteiger partial charge in [-0.1, -0.05) is 48.0 Å². The highest BCUT2D eigenvalue weighted by atomic mass is 35.5. The van der Waals surface area contributed by atoms with E-state index in [2.05, 4.69) is 9.97 Å². The first-order valence-electron chi connectivity index (χ1n) is 11.8. The Balaban J connectivity index is 1.22. The number of hydrogen-bond donors (Lipinski definition) is 1. The first-order chi connectivity index (χ1) is 17.5. The number of nitrogens with one attached hydrogen (secondary N) is 1. The summed E-state index contributed by atoms with van der Waals surface area (Å²) in [5.41, 5.74) is 5.45. The molecule has 1 amide bonds. The molecule has 2 aliphatic rings. The first-order valence-corrected chi connectivity index (χ1v) is 12.2. The van der Waals surface area contributed by atoms with Crippen molar-refractivity contribution in [2.75, 3.05) is 27.3 Å². The molecule has 3 unspecified atom stereocenters. The number of imidazole rings is 1. The van der Waals surface area contributed by atoms with Gasteiger partial charge in [0.2, 0.25) is 0 Å². The van der Waals surface area contributed by atoms with E-state index in [0.717, 1.165) is 23.1 Å². The minimum absolute atomic E-state index is 0.0208. The fraction of sp³-hybridized carbons (Fsp3) is 0.296. The number of hydrogen-bond acceptors (Lipinski definition) is 6. The smallest absolute Gasteiger partial charge is 0.296 e. The minimum Gasteiger partial charge on any atom is -0.456 e. The topological polar surface area (TPSA) is 89.6 Å². The standard InChI is InChI=1S/C27H25ClN4O4/c1-32(2)26(33)18-9-5-16(6-10-18)15-3-7-17(8-4-15)23-19(28)13-20-25(30-23)31-27(29-20)36-22-14-35-21-11-12-34-24(21)22/h3-10,13,21-22,24H,11-12,14H2,1-2H3,(H,29,30,31). The van der Waals surface area contributed by atoms with Gasteiger partial charge in [0, 0.05) is 31.8 Å². The van der Waals surface area contributed by atoms with E-state index in [1.54, 1.807) is 19.0 Å². The molecule has 6 rings (SSSR count). The summed E-state index contributed by atoms with van der Waals surface area (Å²) in [4.78, 5) is 26.1. The highest BCUT2D eigenvalue weighted by Crippen LogP contribution is 2.33. The van der Waals surface area contributed by atoms with Gasteiger partial charge in [-0.15, -0.1) is 0 Å². The number of halogens is 1. The zero-order valence-electron chi connectivity index (χ0n) is 19.9. The molecule has 3 atom stereocenters. The summed E-state index contributed by atoms with van der Waals surface area (Å²) in [7, 11) is 3.48. The minimum atomic E-state index is -0.199. The lowest BCUT2D eigenvalue weighted by Crippen LogP contribution is -2.32. The van der Waals surface area contributed by atoms with Crippen LogP contribution in [0.3, 0.4) is 0 Å². The average Bonchev–Trinajstić information content (AvgIpc) is 3.60. The third-order valence-corrected chi connectivity index (χ3v) is 6.91. The van der Waals surface area contributed by atoms with Crippen LogP contribution < -0.4 is 4.74 Å². The third kappa shape index (κ3) is 4.21. The van der Waals surface area contributed by atoms with Crippen LogP contribution in [-0.4, -0.2) is 71.4 Å². The molecule has 2 aliphatic heterocycles. The Hall–Kier alpha value is -3.46. The van der Waals surface area contributed by atoms with Crippen LogP contribution >= 0.6 is 11.6 Å². The molecule has 9 heteroatoms. The number of carbonyl (C=O) groups is 1. The van der Waals surface area contributed by atoms with Gasteiger partial charge >= 0.3 is 0 Å². The normalized spacial score (nSPS) is 21.0. The number of carbonyl (C=O) groups excluding carboxylic acids is 1. The van der Waals surface area contributed by atoms with Crippen LogP contribution in [-0.2, 0) is 9.47 Å². The SMILES string of the molecule is CN(C)C(=O)c1ccc(-c2ccc(-c3nc4nc(OC5COC6CCOC65)[nH]c4cc3Cl)cc2)cc1. The van der Waals surface area contributed by atoms with E-state index < -0.39 is 0 Å². The number of amides is 1. The molecule has 0 aliphatic carbocycles. The highest BCUT2D eigenvalue weighted by Gasteiger charge is 2.43. The quantitative estimate of drug-likeness (QED) is 0.428. The number of pyridine rings is 1. The molecule has 8 nitrogen and oxygen atoms in total. The largest absolute Gasteiger partial charge is 0.456 e. The molecule has 2 aromatic heterocycles. The number of ether oxygens (including phenoxy) is 3. The number of rotatable bonds is 5. The van der Waals surface area contributed by atoms with Gasteiger partial charge in [-0.2, -0.15) is 4.98 Å². The van der Waals surface area contributed by atoms with Gasteiger partial charge in [-0.05, 0) is 35.7 Å². The summed E-state index contributed by atoms with van der Waals surface area (Å²) in [6, 6.07) is 17.7. The van der Waals surface area contributed by atoms with Crippen molar-refractivity contribution in [3.05, 3.63) is 65.2 Å². The lowest BCUT2D eigenvalue weighted by atomic mass is 10.0. The van der Waals surface area contributed by atoms with Gasteiger partial charge in [-0.25, -0.2) is 4.98 Å². The van der Waals surface area contributed by atoms with Gasteiger partial charge in [-0.3, -0.25) is 4.79 Å². The van der Waals surface area contributed by atoms with E-state index in [1.807, 2.05) is 54.6 Å². The molecule has 0 radical (unpaired) electrons. The summed E-state index contributed by atoms with van der Waals surface area (Å²) in [6.07, 6.45) is 0.731. The molecule has 2 fully saturated rings. The van der Waals surface area contributed by atoms with Crippen molar-refractivity contribution in [2.24, 2.45) is 0 Å². The molecule has 0 saturated carbocycles.